The van der Waals surface area contributed by atoms with Crippen LogP contribution in [0.3, 0.4) is 0 Å². The van der Waals surface area contributed by atoms with Gasteiger partial charge in [0.15, 0.2) is 11.0 Å². The Hall–Kier alpha value is -2.72. The van der Waals surface area contributed by atoms with E-state index in [0.717, 1.165) is 24.9 Å². The molecule has 3 aliphatic rings. The summed E-state index contributed by atoms with van der Waals surface area (Å²) >= 11 is 6.42. The van der Waals surface area contributed by atoms with Crippen molar-refractivity contribution in [3.8, 4) is 6.01 Å². The molecule has 0 aliphatic carbocycles. The Balaban J connectivity index is 1.47. The molecule has 0 amide bonds. The van der Waals surface area contributed by atoms with Crippen LogP contribution in [0.5, 0.6) is 6.01 Å². The summed E-state index contributed by atoms with van der Waals surface area (Å²) in [6.07, 6.45) is 3.06. The first-order chi connectivity index (χ1) is 15.9. The van der Waals surface area contributed by atoms with Gasteiger partial charge in [-0.25, -0.2) is 14.2 Å². The number of aromatic nitrogens is 3. The predicted molar refractivity (Wildman–Crippen MR) is 120 cm³/mol. The lowest BCUT2D eigenvalue weighted by atomic mass is 9.95. The maximum absolute atomic E-state index is 14.1. The number of nitrogen functional groups attached to an aromatic ring is 1. The monoisotopic (exact) mass is 476 g/mol. The molecule has 2 saturated heterocycles. The molecule has 0 spiro atoms. The molecule has 2 aromatic rings. The Morgan fingerprint density at radius 3 is 3.09 bits per heavy atom. The molecule has 176 valence electrons. The van der Waals surface area contributed by atoms with E-state index in [1.54, 1.807) is 12.3 Å². The largest absolute Gasteiger partial charge is 0.461 e. The van der Waals surface area contributed by atoms with E-state index in [9.17, 15) is 9.18 Å². The molecule has 5 rings (SSSR count). The molecule has 2 N–H and O–H groups in total. The van der Waals surface area contributed by atoms with E-state index >= 15 is 0 Å². The Kier molecular flexibility index (Phi) is 5.74. The molecule has 11 heteroatoms. The van der Waals surface area contributed by atoms with Crippen LogP contribution in [0.4, 0.5) is 16.0 Å². The fourth-order valence-electron chi connectivity index (χ4n) is 5.24. The molecule has 33 heavy (non-hydrogen) atoms. The minimum absolute atomic E-state index is 0.0474. The van der Waals surface area contributed by atoms with E-state index in [1.807, 2.05) is 17.9 Å². The molecule has 2 aromatic heterocycles. The van der Waals surface area contributed by atoms with Gasteiger partial charge in [-0.3, -0.25) is 4.90 Å². The van der Waals surface area contributed by atoms with Crippen LogP contribution in [0, 0.1) is 0 Å². The molecule has 1 unspecified atom stereocenters. The van der Waals surface area contributed by atoms with E-state index in [2.05, 4.69) is 19.9 Å². The SMILES string of the molecule is CC(c1cccnc1N)N1CCOC(=O)c2c(Cl)nc(OC[C@@]34CCCN3C[C@H](F)C4)nc21. The molecule has 0 aromatic carbocycles. The number of hydrogen-bond donors (Lipinski definition) is 1. The average Bonchev–Trinajstić information content (AvgIpc) is 3.24. The molecule has 2 fully saturated rings. The van der Waals surface area contributed by atoms with Gasteiger partial charge in [-0.15, -0.1) is 0 Å². The van der Waals surface area contributed by atoms with Gasteiger partial charge in [-0.1, -0.05) is 17.7 Å². The number of anilines is 2. The van der Waals surface area contributed by atoms with Crippen molar-refractivity contribution in [1.82, 2.24) is 19.9 Å². The number of fused-ring (bicyclic) bond motifs is 2. The zero-order valence-corrected chi connectivity index (χ0v) is 19.1. The fraction of sp³-hybridized carbons (Fsp3) is 0.545. The maximum Gasteiger partial charge on any atom is 0.345 e. The fourth-order valence-corrected chi connectivity index (χ4v) is 5.48. The van der Waals surface area contributed by atoms with Crippen molar-refractivity contribution in [2.24, 2.45) is 0 Å². The van der Waals surface area contributed by atoms with Crippen LogP contribution in [0.2, 0.25) is 5.15 Å². The van der Waals surface area contributed by atoms with Crippen molar-refractivity contribution < 1.29 is 18.7 Å². The lowest BCUT2D eigenvalue weighted by Gasteiger charge is -2.32. The van der Waals surface area contributed by atoms with Crippen molar-refractivity contribution in [3.63, 3.8) is 0 Å². The normalized spacial score (nSPS) is 25.8. The first-order valence-corrected chi connectivity index (χ1v) is 11.5. The van der Waals surface area contributed by atoms with Crippen molar-refractivity contribution in [1.29, 1.82) is 0 Å². The highest BCUT2D eigenvalue weighted by Gasteiger charge is 2.49. The van der Waals surface area contributed by atoms with Crippen LogP contribution < -0.4 is 15.4 Å². The van der Waals surface area contributed by atoms with Crippen LogP contribution in [-0.2, 0) is 4.74 Å². The number of esters is 1. The van der Waals surface area contributed by atoms with Crippen LogP contribution in [-0.4, -0.2) is 70.4 Å². The van der Waals surface area contributed by atoms with E-state index < -0.39 is 12.1 Å². The van der Waals surface area contributed by atoms with Gasteiger partial charge in [0.2, 0.25) is 0 Å². The molecule has 5 heterocycles. The number of ether oxygens (including phenoxy) is 2. The minimum Gasteiger partial charge on any atom is -0.461 e. The summed E-state index contributed by atoms with van der Waals surface area (Å²) in [5.41, 5.74) is 6.62. The summed E-state index contributed by atoms with van der Waals surface area (Å²) in [5.74, 6) is 0.118. The Labute approximate surface area is 196 Å². The van der Waals surface area contributed by atoms with Crippen molar-refractivity contribution in [2.75, 3.05) is 43.5 Å². The molecule has 0 saturated carbocycles. The highest BCUT2D eigenvalue weighted by Crippen LogP contribution is 2.41. The number of rotatable bonds is 5. The van der Waals surface area contributed by atoms with Crippen molar-refractivity contribution >= 4 is 29.2 Å². The minimum atomic E-state index is -0.860. The van der Waals surface area contributed by atoms with Gasteiger partial charge in [0.1, 0.15) is 30.8 Å². The first kappa shape index (κ1) is 22.1. The highest BCUT2D eigenvalue weighted by atomic mass is 35.5. The Bertz CT molecular complexity index is 1070. The second-order valence-electron chi connectivity index (χ2n) is 8.84. The molecule has 9 nitrogen and oxygen atoms in total. The first-order valence-electron chi connectivity index (χ1n) is 11.1. The number of carbonyl (C=O) groups excluding carboxylic acids is 1. The summed E-state index contributed by atoms with van der Waals surface area (Å²) in [6, 6.07) is 3.46. The summed E-state index contributed by atoms with van der Waals surface area (Å²) in [7, 11) is 0. The molecule has 3 aliphatic heterocycles. The predicted octanol–water partition coefficient (Wildman–Crippen LogP) is 2.80. The highest BCUT2D eigenvalue weighted by molar-refractivity contribution is 6.33. The summed E-state index contributed by atoms with van der Waals surface area (Å²) in [5, 5.41) is -0.0474. The number of pyridine rings is 1. The molecule has 0 bridgehead atoms. The van der Waals surface area contributed by atoms with Crippen LogP contribution in [0.1, 0.15) is 48.1 Å². The lowest BCUT2D eigenvalue weighted by Crippen LogP contribution is -2.43. The quantitative estimate of drug-likeness (QED) is 0.514. The molecule has 0 radical (unpaired) electrons. The summed E-state index contributed by atoms with van der Waals surface area (Å²) in [4.78, 5) is 29.6. The third-order valence-electron chi connectivity index (χ3n) is 6.89. The number of hydrogen-bond acceptors (Lipinski definition) is 9. The van der Waals surface area contributed by atoms with Crippen LogP contribution >= 0.6 is 11.6 Å². The molecular formula is C22H26ClFN6O3. The zero-order valence-electron chi connectivity index (χ0n) is 18.3. The third kappa shape index (κ3) is 3.95. The smallest absolute Gasteiger partial charge is 0.345 e. The second kappa shape index (κ2) is 8.57. The summed E-state index contributed by atoms with van der Waals surface area (Å²) in [6.45, 7) is 4.03. The molecular weight excluding hydrogens is 451 g/mol. The van der Waals surface area contributed by atoms with Crippen LogP contribution in [0.15, 0.2) is 18.3 Å². The van der Waals surface area contributed by atoms with E-state index in [-0.39, 0.29) is 41.5 Å². The Morgan fingerprint density at radius 1 is 1.42 bits per heavy atom. The van der Waals surface area contributed by atoms with Crippen molar-refractivity contribution in [2.45, 2.75) is 43.9 Å². The van der Waals surface area contributed by atoms with Gasteiger partial charge in [-0.05, 0) is 32.4 Å². The zero-order chi connectivity index (χ0) is 23.2. The average molecular weight is 477 g/mol. The topological polar surface area (TPSA) is 107 Å². The Morgan fingerprint density at radius 2 is 2.27 bits per heavy atom. The van der Waals surface area contributed by atoms with Crippen molar-refractivity contribution in [3.05, 3.63) is 34.6 Å². The van der Waals surface area contributed by atoms with Gasteiger partial charge in [0, 0.05) is 24.7 Å². The van der Waals surface area contributed by atoms with Gasteiger partial charge in [-0.2, -0.15) is 9.97 Å². The number of alkyl halides is 1. The number of nitrogens with zero attached hydrogens (tertiary/aromatic N) is 5. The van der Waals surface area contributed by atoms with Gasteiger partial charge in [0.25, 0.3) is 0 Å². The third-order valence-corrected chi connectivity index (χ3v) is 7.16. The van der Waals surface area contributed by atoms with Crippen LogP contribution in [0.25, 0.3) is 0 Å². The number of cyclic esters (lactones) is 1. The van der Waals surface area contributed by atoms with E-state index in [4.69, 9.17) is 26.8 Å². The van der Waals surface area contributed by atoms with Gasteiger partial charge in [0.05, 0.1) is 18.1 Å². The number of halogens is 2. The number of nitrogens with two attached hydrogens (primary N) is 1. The van der Waals surface area contributed by atoms with E-state index in [1.165, 1.54) is 0 Å². The standard InChI is InChI=1S/C22H26ClFN6O3/c1-13(15-4-2-6-26-18(15)25)30-8-9-32-20(31)16-17(23)27-21(28-19(16)30)33-12-22-5-3-7-29(22)11-14(24)10-22/h2,4,6,13-14H,3,5,7-12H2,1H3,(H2,25,26)/t13?,14-,22+/m1/s1. The van der Waals surface area contributed by atoms with Gasteiger partial charge >= 0.3 is 12.0 Å². The van der Waals surface area contributed by atoms with E-state index in [0.29, 0.717) is 31.1 Å². The summed E-state index contributed by atoms with van der Waals surface area (Å²) < 4.78 is 25.4. The maximum atomic E-state index is 14.1. The lowest BCUT2D eigenvalue weighted by molar-refractivity contribution is 0.0525. The number of carbonyl (C=O) groups is 1. The van der Waals surface area contributed by atoms with Gasteiger partial charge < -0.3 is 20.1 Å². The second-order valence-corrected chi connectivity index (χ2v) is 9.20. The molecule has 3 atom stereocenters.